The standard InChI is InChI=1S/C12H15ClFN/c1-11(2,15)12(6-7-12)10-8(13)4-3-5-9(10)14/h3-5H,6-7,15H2,1-2H3. The molecule has 0 atom stereocenters. The fourth-order valence-corrected chi connectivity index (χ4v) is 2.64. The van der Waals surface area contributed by atoms with Gasteiger partial charge in [0.25, 0.3) is 0 Å². The van der Waals surface area contributed by atoms with Gasteiger partial charge in [0.05, 0.1) is 0 Å². The second-order valence-corrected chi connectivity index (χ2v) is 5.31. The minimum absolute atomic E-state index is 0.237. The Kier molecular flexibility index (Phi) is 2.32. The summed E-state index contributed by atoms with van der Waals surface area (Å²) in [5, 5.41) is 0.492. The minimum atomic E-state index is -0.432. The molecule has 1 aromatic rings. The van der Waals surface area contributed by atoms with Gasteiger partial charge in [0, 0.05) is 21.5 Å². The third kappa shape index (κ3) is 1.56. The Balaban J connectivity index is 2.56. The smallest absolute Gasteiger partial charge is 0.128 e. The largest absolute Gasteiger partial charge is 0.325 e. The fraction of sp³-hybridized carbons (Fsp3) is 0.500. The summed E-state index contributed by atoms with van der Waals surface area (Å²) < 4.78 is 13.8. The van der Waals surface area contributed by atoms with Crippen molar-refractivity contribution < 1.29 is 4.39 Å². The summed E-state index contributed by atoms with van der Waals surface area (Å²) in [5.41, 5.74) is 6.02. The van der Waals surface area contributed by atoms with Crippen LogP contribution in [0.5, 0.6) is 0 Å². The van der Waals surface area contributed by atoms with Gasteiger partial charge in [-0.3, -0.25) is 0 Å². The molecular formula is C12H15ClFN. The lowest BCUT2D eigenvalue weighted by Gasteiger charge is -2.32. The highest BCUT2D eigenvalue weighted by Crippen LogP contribution is 2.57. The molecule has 1 nitrogen and oxygen atoms in total. The molecule has 0 saturated heterocycles. The van der Waals surface area contributed by atoms with E-state index in [1.807, 2.05) is 13.8 Å². The van der Waals surface area contributed by atoms with Gasteiger partial charge in [-0.15, -0.1) is 0 Å². The number of nitrogens with two attached hydrogens (primary N) is 1. The lowest BCUT2D eigenvalue weighted by Crippen LogP contribution is -2.45. The SMILES string of the molecule is CC(C)(N)C1(c2c(F)cccc2Cl)CC1. The highest BCUT2D eigenvalue weighted by molar-refractivity contribution is 6.31. The zero-order chi connectivity index (χ0) is 11.3. The molecule has 2 N–H and O–H groups in total. The van der Waals surface area contributed by atoms with E-state index in [4.69, 9.17) is 17.3 Å². The maximum Gasteiger partial charge on any atom is 0.128 e. The maximum absolute atomic E-state index is 13.8. The van der Waals surface area contributed by atoms with Crippen LogP contribution in [0.15, 0.2) is 18.2 Å². The van der Waals surface area contributed by atoms with E-state index in [2.05, 4.69) is 0 Å². The quantitative estimate of drug-likeness (QED) is 0.825. The number of hydrogen-bond acceptors (Lipinski definition) is 1. The van der Waals surface area contributed by atoms with Crippen LogP contribution in [0.4, 0.5) is 4.39 Å². The molecule has 82 valence electrons. The van der Waals surface area contributed by atoms with E-state index in [0.717, 1.165) is 12.8 Å². The van der Waals surface area contributed by atoms with Crippen molar-refractivity contribution in [1.82, 2.24) is 0 Å². The van der Waals surface area contributed by atoms with E-state index in [9.17, 15) is 4.39 Å². The fourth-order valence-electron chi connectivity index (χ4n) is 2.30. The van der Waals surface area contributed by atoms with Crippen molar-refractivity contribution in [3.63, 3.8) is 0 Å². The Bertz CT molecular complexity index is 371. The summed E-state index contributed by atoms with van der Waals surface area (Å²) in [6.07, 6.45) is 1.83. The van der Waals surface area contributed by atoms with Gasteiger partial charge in [-0.25, -0.2) is 4.39 Å². The molecule has 0 aliphatic heterocycles. The molecule has 0 heterocycles. The molecule has 0 aromatic heterocycles. The van der Waals surface area contributed by atoms with Crippen LogP contribution in [0.3, 0.4) is 0 Å². The van der Waals surface area contributed by atoms with Crippen molar-refractivity contribution in [1.29, 1.82) is 0 Å². The molecule has 1 fully saturated rings. The lowest BCUT2D eigenvalue weighted by molar-refractivity contribution is 0.379. The van der Waals surface area contributed by atoms with Gasteiger partial charge in [0.1, 0.15) is 5.82 Å². The molecule has 0 amide bonds. The van der Waals surface area contributed by atoms with E-state index in [1.165, 1.54) is 6.07 Å². The zero-order valence-electron chi connectivity index (χ0n) is 8.98. The van der Waals surface area contributed by atoms with Gasteiger partial charge in [-0.2, -0.15) is 0 Å². The molecule has 1 aliphatic carbocycles. The van der Waals surface area contributed by atoms with E-state index < -0.39 is 5.54 Å². The summed E-state index contributed by atoms with van der Waals surface area (Å²) in [6.45, 7) is 3.87. The molecular weight excluding hydrogens is 213 g/mol. The van der Waals surface area contributed by atoms with E-state index in [-0.39, 0.29) is 11.2 Å². The molecule has 0 bridgehead atoms. The van der Waals surface area contributed by atoms with Crippen LogP contribution >= 0.6 is 11.6 Å². The van der Waals surface area contributed by atoms with Crippen LogP contribution in [0.2, 0.25) is 5.02 Å². The van der Waals surface area contributed by atoms with Crippen molar-refractivity contribution in [2.75, 3.05) is 0 Å². The van der Waals surface area contributed by atoms with Crippen LogP contribution in [-0.4, -0.2) is 5.54 Å². The molecule has 3 heteroatoms. The Hall–Kier alpha value is -0.600. The minimum Gasteiger partial charge on any atom is -0.325 e. The molecule has 0 radical (unpaired) electrons. The molecule has 2 rings (SSSR count). The Morgan fingerprint density at radius 3 is 2.40 bits per heavy atom. The highest BCUT2D eigenvalue weighted by Gasteiger charge is 2.55. The molecule has 0 spiro atoms. The van der Waals surface area contributed by atoms with Gasteiger partial charge in [0.2, 0.25) is 0 Å². The summed E-state index contributed by atoms with van der Waals surface area (Å²) in [7, 11) is 0. The summed E-state index contributed by atoms with van der Waals surface area (Å²) in [5.74, 6) is -0.237. The van der Waals surface area contributed by atoms with Crippen molar-refractivity contribution in [2.45, 2.75) is 37.6 Å². The first-order chi connectivity index (χ1) is 6.88. The first-order valence-corrected chi connectivity index (χ1v) is 5.50. The summed E-state index contributed by atoms with van der Waals surface area (Å²) in [6, 6.07) is 4.81. The predicted octanol–water partition coefficient (Wildman–Crippen LogP) is 3.25. The first kappa shape index (κ1) is 10.9. The van der Waals surface area contributed by atoms with Crippen LogP contribution in [-0.2, 0) is 5.41 Å². The van der Waals surface area contributed by atoms with Crippen molar-refractivity contribution in [2.24, 2.45) is 5.73 Å². The lowest BCUT2D eigenvalue weighted by atomic mass is 9.79. The third-order valence-electron chi connectivity index (χ3n) is 3.42. The second-order valence-electron chi connectivity index (χ2n) is 4.90. The monoisotopic (exact) mass is 227 g/mol. The first-order valence-electron chi connectivity index (χ1n) is 5.12. The van der Waals surface area contributed by atoms with Gasteiger partial charge >= 0.3 is 0 Å². The van der Waals surface area contributed by atoms with Gasteiger partial charge < -0.3 is 5.73 Å². The maximum atomic E-state index is 13.8. The zero-order valence-corrected chi connectivity index (χ0v) is 9.74. The number of benzene rings is 1. The van der Waals surface area contributed by atoms with E-state index >= 15 is 0 Å². The van der Waals surface area contributed by atoms with Crippen LogP contribution in [0, 0.1) is 5.82 Å². The average Bonchev–Trinajstić information content (AvgIpc) is 2.83. The topological polar surface area (TPSA) is 26.0 Å². The molecule has 1 aliphatic rings. The normalized spacial score (nSPS) is 19.0. The van der Waals surface area contributed by atoms with E-state index in [1.54, 1.807) is 12.1 Å². The van der Waals surface area contributed by atoms with Crippen LogP contribution in [0.25, 0.3) is 0 Å². The molecule has 1 saturated carbocycles. The van der Waals surface area contributed by atoms with Gasteiger partial charge in [-0.1, -0.05) is 17.7 Å². The number of hydrogen-bond donors (Lipinski definition) is 1. The summed E-state index contributed by atoms with van der Waals surface area (Å²) in [4.78, 5) is 0. The van der Waals surface area contributed by atoms with Gasteiger partial charge in [0.15, 0.2) is 0 Å². The van der Waals surface area contributed by atoms with Crippen molar-refractivity contribution in [3.8, 4) is 0 Å². The number of halogens is 2. The molecule has 15 heavy (non-hydrogen) atoms. The second kappa shape index (κ2) is 3.19. The predicted molar refractivity (Wildman–Crippen MR) is 60.6 cm³/mol. The summed E-state index contributed by atoms with van der Waals surface area (Å²) >= 11 is 6.06. The molecule has 0 unspecified atom stereocenters. The van der Waals surface area contributed by atoms with Crippen LogP contribution < -0.4 is 5.73 Å². The van der Waals surface area contributed by atoms with Crippen molar-refractivity contribution in [3.05, 3.63) is 34.6 Å². The Morgan fingerprint density at radius 2 is 2.00 bits per heavy atom. The highest BCUT2D eigenvalue weighted by atomic mass is 35.5. The Labute approximate surface area is 94.4 Å². The molecule has 1 aromatic carbocycles. The van der Waals surface area contributed by atoms with Gasteiger partial charge in [-0.05, 0) is 38.8 Å². The number of rotatable bonds is 2. The van der Waals surface area contributed by atoms with E-state index in [0.29, 0.717) is 10.6 Å². The Morgan fingerprint density at radius 1 is 1.40 bits per heavy atom. The average molecular weight is 228 g/mol. The van der Waals surface area contributed by atoms with Crippen LogP contribution in [0.1, 0.15) is 32.3 Å². The van der Waals surface area contributed by atoms with Crippen molar-refractivity contribution >= 4 is 11.6 Å². The third-order valence-corrected chi connectivity index (χ3v) is 3.74.